The van der Waals surface area contributed by atoms with E-state index in [1.807, 2.05) is 0 Å². The highest BCUT2D eigenvalue weighted by atomic mass is 14.9. The summed E-state index contributed by atoms with van der Waals surface area (Å²) >= 11 is 0. The van der Waals surface area contributed by atoms with Gasteiger partial charge in [-0.2, -0.15) is 0 Å². The first-order chi connectivity index (χ1) is 9.42. The van der Waals surface area contributed by atoms with Crippen LogP contribution in [0.5, 0.6) is 0 Å². The Bertz CT molecular complexity index is 367. The molecule has 2 atom stereocenters. The molecule has 0 amide bonds. The lowest BCUT2D eigenvalue weighted by Crippen LogP contribution is -2.31. The maximum atomic E-state index is 3.77. The first kappa shape index (κ1) is 13.2. The maximum absolute atomic E-state index is 3.77. The lowest BCUT2D eigenvalue weighted by atomic mass is 9.81. The molecular formula is C18H27N. The highest BCUT2D eigenvalue weighted by molar-refractivity contribution is 5.16. The summed E-state index contributed by atoms with van der Waals surface area (Å²) in [5.74, 6) is 1.87. The molecule has 1 saturated carbocycles. The monoisotopic (exact) mass is 257 g/mol. The highest BCUT2D eigenvalue weighted by Gasteiger charge is 2.29. The second-order valence-corrected chi connectivity index (χ2v) is 6.54. The Kier molecular flexibility index (Phi) is 4.55. The molecule has 0 radical (unpaired) electrons. The Morgan fingerprint density at radius 2 is 1.74 bits per heavy atom. The third-order valence-corrected chi connectivity index (χ3v) is 5.14. The fourth-order valence-electron chi connectivity index (χ4n) is 4.04. The van der Waals surface area contributed by atoms with Crippen molar-refractivity contribution >= 4 is 0 Å². The lowest BCUT2D eigenvalue weighted by Gasteiger charge is -2.27. The summed E-state index contributed by atoms with van der Waals surface area (Å²) in [6, 6.07) is 11.8. The minimum atomic E-state index is 0.781. The largest absolute Gasteiger partial charge is 0.314 e. The topological polar surface area (TPSA) is 12.0 Å². The van der Waals surface area contributed by atoms with E-state index in [1.54, 1.807) is 0 Å². The van der Waals surface area contributed by atoms with Crippen LogP contribution in [0.15, 0.2) is 30.3 Å². The average Bonchev–Trinajstić information content (AvgIpc) is 2.88. The van der Waals surface area contributed by atoms with E-state index in [0.29, 0.717) is 0 Å². The summed E-state index contributed by atoms with van der Waals surface area (Å²) in [5, 5.41) is 3.77. The van der Waals surface area contributed by atoms with Crippen molar-refractivity contribution < 1.29 is 0 Å². The van der Waals surface area contributed by atoms with Crippen LogP contribution in [0.3, 0.4) is 0 Å². The van der Waals surface area contributed by atoms with Gasteiger partial charge >= 0.3 is 0 Å². The fourth-order valence-corrected chi connectivity index (χ4v) is 4.04. The van der Waals surface area contributed by atoms with Crippen molar-refractivity contribution in [2.24, 2.45) is 11.8 Å². The SMILES string of the molecule is c1ccc(CC2CCNC2CC2CCCCC2)cc1. The molecule has 104 valence electrons. The van der Waals surface area contributed by atoms with Gasteiger partial charge in [0, 0.05) is 6.04 Å². The van der Waals surface area contributed by atoms with Gasteiger partial charge in [0.15, 0.2) is 0 Å². The molecular weight excluding hydrogens is 230 g/mol. The van der Waals surface area contributed by atoms with Crippen LogP contribution in [0.25, 0.3) is 0 Å². The van der Waals surface area contributed by atoms with Crippen LogP contribution >= 0.6 is 0 Å². The van der Waals surface area contributed by atoms with E-state index in [4.69, 9.17) is 0 Å². The van der Waals surface area contributed by atoms with Crippen molar-refractivity contribution in [1.82, 2.24) is 5.32 Å². The highest BCUT2D eigenvalue weighted by Crippen LogP contribution is 2.32. The van der Waals surface area contributed by atoms with Gasteiger partial charge in [0.2, 0.25) is 0 Å². The number of hydrogen-bond donors (Lipinski definition) is 1. The van der Waals surface area contributed by atoms with Gasteiger partial charge < -0.3 is 5.32 Å². The van der Waals surface area contributed by atoms with Gasteiger partial charge in [0.05, 0.1) is 0 Å². The van der Waals surface area contributed by atoms with Crippen molar-refractivity contribution in [2.75, 3.05) is 6.54 Å². The molecule has 2 fully saturated rings. The predicted octanol–water partition coefficient (Wildman–Crippen LogP) is 4.18. The van der Waals surface area contributed by atoms with Gasteiger partial charge in [-0.15, -0.1) is 0 Å². The van der Waals surface area contributed by atoms with E-state index in [-0.39, 0.29) is 0 Å². The number of hydrogen-bond acceptors (Lipinski definition) is 1. The molecule has 1 aromatic rings. The molecule has 0 aromatic heterocycles. The molecule has 2 aliphatic rings. The van der Waals surface area contributed by atoms with E-state index >= 15 is 0 Å². The fraction of sp³-hybridized carbons (Fsp3) is 0.667. The molecule has 1 aromatic carbocycles. The quantitative estimate of drug-likeness (QED) is 0.853. The molecule has 1 N–H and O–H groups in total. The molecule has 0 bridgehead atoms. The molecule has 2 unspecified atom stereocenters. The van der Waals surface area contributed by atoms with Crippen molar-refractivity contribution in [1.29, 1.82) is 0 Å². The molecule has 1 aliphatic heterocycles. The third kappa shape index (κ3) is 3.60. The Balaban J connectivity index is 1.55. The first-order valence-electron chi connectivity index (χ1n) is 8.19. The second kappa shape index (κ2) is 6.56. The Morgan fingerprint density at radius 3 is 2.53 bits per heavy atom. The second-order valence-electron chi connectivity index (χ2n) is 6.54. The predicted molar refractivity (Wildman–Crippen MR) is 81.2 cm³/mol. The zero-order chi connectivity index (χ0) is 12.9. The summed E-state index contributed by atoms with van der Waals surface area (Å²) in [6.45, 7) is 1.23. The van der Waals surface area contributed by atoms with Gasteiger partial charge in [0.25, 0.3) is 0 Å². The van der Waals surface area contributed by atoms with Gasteiger partial charge in [-0.05, 0) is 43.2 Å². The van der Waals surface area contributed by atoms with Crippen molar-refractivity contribution in [3.8, 4) is 0 Å². The van der Waals surface area contributed by atoms with Crippen LogP contribution in [0.4, 0.5) is 0 Å². The van der Waals surface area contributed by atoms with E-state index in [2.05, 4.69) is 35.6 Å². The number of nitrogens with one attached hydrogen (secondary N) is 1. The van der Waals surface area contributed by atoms with Crippen LogP contribution in [0.2, 0.25) is 0 Å². The molecule has 3 rings (SSSR count). The number of benzene rings is 1. The van der Waals surface area contributed by atoms with Crippen LogP contribution < -0.4 is 5.32 Å². The normalized spacial score (nSPS) is 28.6. The van der Waals surface area contributed by atoms with Gasteiger partial charge in [0.1, 0.15) is 0 Å². The van der Waals surface area contributed by atoms with Crippen LogP contribution in [0, 0.1) is 11.8 Å². The molecule has 1 heteroatoms. The van der Waals surface area contributed by atoms with Gasteiger partial charge in [-0.25, -0.2) is 0 Å². The molecule has 1 heterocycles. The summed E-state index contributed by atoms with van der Waals surface area (Å²) in [6.07, 6.45) is 11.4. The van der Waals surface area contributed by atoms with Crippen molar-refractivity contribution in [2.45, 2.75) is 57.4 Å². The zero-order valence-corrected chi connectivity index (χ0v) is 12.0. The van der Waals surface area contributed by atoms with E-state index in [9.17, 15) is 0 Å². The summed E-state index contributed by atoms with van der Waals surface area (Å²) in [4.78, 5) is 0. The Labute approximate surface area is 117 Å². The summed E-state index contributed by atoms with van der Waals surface area (Å²) in [5.41, 5.74) is 1.52. The van der Waals surface area contributed by atoms with Crippen LogP contribution in [-0.4, -0.2) is 12.6 Å². The van der Waals surface area contributed by atoms with Crippen molar-refractivity contribution in [3.05, 3.63) is 35.9 Å². The van der Waals surface area contributed by atoms with Gasteiger partial charge in [-0.3, -0.25) is 0 Å². The van der Waals surface area contributed by atoms with Gasteiger partial charge in [-0.1, -0.05) is 62.4 Å². The third-order valence-electron chi connectivity index (χ3n) is 5.14. The minimum Gasteiger partial charge on any atom is -0.314 e. The smallest absolute Gasteiger partial charge is 0.0102 e. The summed E-state index contributed by atoms with van der Waals surface area (Å²) < 4.78 is 0. The molecule has 1 nitrogen and oxygen atoms in total. The van der Waals surface area contributed by atoms with Crippen LogP contribution in [-0.2, 0) is 6.42 Å². The molecule has 1 saturated heterocycles. The molecule has 19 heavy (non-hydrogen) atoms. The Hall–Kier alpha value is -0.820. The van der Waals surface area contributed by atoms with E-state index in [0.717, 1.165) is 17.9 Å². The molecule has 0 spiro atoms. The van der Waals surface area contributed by atoms with E-state index < -0.39 is 0 Å². The minimum absolute atomic E-state index is 0.781. The maximum Gasteiger partial charge on any atom is 0.0102 e. The number of rotatable bonds is 4. The average molecular weight is 257 g/mol. The summed E-state index contributed by atoms with van der Waals surface area (Å²) in [7, 11) is 0. The zero-order valence-electron chi connectivity index (χ0n) is 12.0. The molecule has 1 aliphatic carbocycles. The van der Waals surface area contributed by atoms with Crippen molar-refractivity contribution in [3.63, 3.8) is 0 Å². The first-order valence-corrected chi connectivity index (χ1v) is 8.19. The Morgan fingerprint density at radius 1 is 0.947 bits per heavy atom. The lowest BCUT2D eigenvalue weighted by molar-refractivity contribution is 0.281. The van der Waals surface area contributed by atoms with E-state index in [1.165, 1.54) is 63.5 Å². The standard InChI is InChI=1S/C18H27N/c1-3-7-15(8-4-1)13-17-11-12-19-18(17)14-16-9-5-2-6-10-16/h1,3-4,7-8,16-19H,2,5-6,9-14H2. The van der Waals surface area contributed by atoms with Crippen LogP contribution in [0.1, 0.15) is 50.5 Å².